The van der Waals surface area contributed by atoms with Crippen LogP contribution in [0.5, 0.6) is 0 Å². The van der Waals surface area contributed by atoms with Gasteiger partial charge in [-0.1, -0.05) is 34.8 Å². The number of alkyl halides is 3. The molecule has 0 spiro atoms. The molecule has 122 valence electrons. The van der Waals surface area contributed by atoms with Gasteiger partial charge in [-0.05, 0) is 0 Å². The van der Waals surface area contributed by atoms with Crippen LogP contribution in [0.1, 0.15) is 8.27 Å². The van der Waals surface area contributed by atoms with Crippen molar-refractivity contribution in [3.05, 3.63) is 0 Å². The Labute approximate surface area is 136 Å². The van der Waals surface area contributed by atoms with Crippen LogP contribution in [0.25, 0.3) is 0 Å². The molecule has 0 saturated carbocycles. The number of Topliss-reactive ketones (excluding diaryl/α,β-unsaturated/α-hetero) is 1. The van der Waals surface area contributed by atoms with E-state index < -0.39 is 59.2 Å². The van der Waals surface area contributed by atoms with Crippen molar-refractivity contribution in [3.8, 4) is 0 Å². The smallest absolute Gasteiger partial charge is 0.301 e. The molecule has 0 radical (unpaired) electrons. The number of aliphatic hydroxyl groups excluding tert-OH is 4. The van der Waals surface area contributed by atoms with Gasteiger partial charge in [0.2, 0.25) is 11.7 Å². The lowest BCUT2D eigenvalue weighted by molar-refractivity contribution is -0.324. The van der Waals surface area contributed by atoms with E-state index in [0.29, 0.717) is 0 Å². The molecule has 1 saturated heterocycles. The standard InChI is InChI=1S/C10H14Cl3NO7/c1-3(16)9(21-8(14)10(11,12)13)7(19)6(18)5(17)4(2-15)20-9/h4-7,14-15,17-19H,2H2,1H3/t4-,5-,6+,7-,9?/m1/s1/i1D. The van der Waals surface area contributed by atoms with Gasteiger partial charge in [-0.3, -0.25) is 10.2 Å². The molecule has 0 aliphatic carbocycles. The van der Waals surface area contributed by atoms with Gasteiger partial charge in [0.25, 0.3) is 3.79 Å². The molecular formula is C10H14Cl3NO7. The topological polar surface area (TPSA) is 140 Å². The van der Waals surface area contributed by atoms with Crippen LogP contribution in [0.2, 0.25) is 0 Å². The Kier molecular flexibility index (Phi) is 5.32. The van der Waals surface area contributed by atoms with E-state index in [1.54, 1.807) is 0 Å². The van der Waals surface area contributed by atoms with Crippen molar-refractivity contribution in [2.45, 2.75) is 40.9 Å². The summed E-state index contributed by atoms with van der Waals surface area (Å²) >= 11 is 16.3. The zero-order valence-corrected chi connectivity index (χ0v) is 12.6. The molecule has 11 heteroatoms. The Morgan fingerprint density at radius 1 is 1.43 bits per heavy atom. The van der Waals surface area contributed by atoms with Crippen LogP contribution < -0.4 is 0 Å². The lowest BCUT2D eigenvalue weighted by Gasteiger charge is -2.46. The Bertz CT molecular complexity index is 447. The van der Waals surface area contributed by atoms with Gasteiger partial charge in [0.1, 0.15) is 18.3 Å². The summed E-state index contributed by atoms with van der Waals surface area (Å²) in [6.07, 6.45) is -7.42. The van der Waals surface area contributed by atoms with E-state index in [1.807, 2.05) is 0 Å². The maximum absolute atomic E-state index is 12.0. The highest BCUT2D eigenvalue weighted by Crippen LogP contribution is 2.36. The second kappa shape index (κ2) is 6.51. The second-order valence-corrected chi connectivity index (χ2v) is 6.57. The minimum atomic E-state index is -2.77. The lowest BCUT2D eigenvalue weighted by Crippen LogP contribution is -2.69. The molecular weight excluding hydrogens is 352 g/mol. The normalized spacial score (nSPS) is 37.8. The quantitative estimate of drug-likeness (QED) is 0.247. The summed E-state index contributed by atoms with van der Waals surface area (Å²) < 4.78 is 14.5. The summed E-state index contributed by atoms with van der Waals surface area (Å²) in [5.74, 6) is -5.09. The second-order valence-electron chi connectivity index (χ2n) is 4.28. The summed E-state index contributed by atoms with van der Waals surface area (Å²) in [6, 6.07) is 0. The van der Waals surface area contributed by atoms with Crippen molar-refractivity contribution < 1.29 is 36.1 Å². The Balaban J connectivity index is 3.26. The average molecular weight is 368 g/mol. The highest BCUT2D eigenvalue weighted by Gasteiger charge is 2.60. The van der Waals surface area contributed by atoms with Crippen molar-refractivity contribution >= 4 is 46.5 Å². The van der Waals surface area contributed by atoms with E-state index in [9.17, 15) is 20.1 Å². The first-order valence-electron chi connectivity index (χ1n) is 6.22. The molecule has 5 atom stereocenters. The van der Waals surface area contributed by atoms with Gasteiger partial charge in [-0.2, -0.15) is 0 Å². The third-order valence-corrected chi connectivity index (χ3v) is 3.36. The molecule has 1 aliphatic rings. The zero-order valence-electron chi connectivity index (χ0n) is 11.4. The summed E-state index contributed by atoms with van der Waals surface area (Å²) in [7, 11) is 0. The van der Waals surface area contributed by atoms with E-state index in [-0.39, 0.29) is 0 Å². The first kappa shape index (κ1) is 17.2. The van der Waals surface area contributed by atoms with Crippen LogP contribution in [-0.2, 0) is 14.3 Å². The predicted octanol–water partition coefficient (Wildman–Crippen LogP) is -0.890. The maximum Gasteiger partial charge on any atom is 0.301 e. The first-order valence-corrected chi connectivity index (χ1v) is 6.64. The monoisotopic (exact) mass is 366 g/mol. The van der Waals surface area contributed by atoms with Crippen molar-refractivity contribution in [2.24, 2.45) is 0 Å². The molecule has 5 N–H and O–H groups in total. The molecule has 1 aliphatic heterocycles. The molecule has 0 aromatic heterocycles. The van der Waals surface area contributed by atoms with E-state index >= 15 is 0 Å². The highest BCUT2D eigenvalue weighted by molar-refractivity contribution is 6.76. The third kappa shape index (κ3) is 3.59. The SMILES string of the molecule is [2H]CC(=O)C1(OC(=N)C(Cl)(Cl)Cl)O[C@H](CO)[C@@H](O)[C@H](O)[C@H]1O. The highest BCUT2D eigenvalue weighted by atomic mass is 35.6. The van der Waals surface area contributed by atoms with Crippen LogP contribution >= 0.6 is 34.8 Å². The molecule has 0 aromatic rings. The van der Waals surface area contributed by atoms with Crippen LogP contribution in [0.4, 0.5) is 0 Å². The van der Waals surface area contributed by atoms with Crippen LogP contribution in [-0.4, -0.2) is 72.7 Å². The van der Waals surface area contributed by atoms with Gasteiger partial charge in [0.05, 0.1) is 6.61 Å². The number of nitrogens with one attached hydrogen (secondary N) is 1. The molecule has 1 fully saturated rings. The summed E-state index contributed by atoms with van der Waals surface area (Å²) in [5.41, 5.74) is 0. The average Bonchev–Trinajstić information content (AvgIpc) is 2.45. The van der Waals surface area contributed by atoms with Crippen molar-refractivity contribution in [1.29, 1.82) is 5.41 Å². The lowest BCUT2D eigenvalue weighted by atomic mass is 9.90. The molecule has 1 unspecified atom stereocenters. The van der Waals surface area contributed by atoms with Gasteiger partial charge in [-0.25, -0.2) is 0 Å². The van der Waals surface area contributed by atoms with Crippen LogP contribution in [0.15, 0.2) is 0 Å². The largest absolute Gasteiger partial charge is 0.435 e. The van der Waals surface area contributed by atoms with Crippen LogP contribution in [0.3, 0.4) is 0 Å². The van der Waals surface area contributed by atoms with Gasteiger partial charge < -0.3 is 29.9 Å². The number of ketones is 1. The fraction of sp³-hybridized carbons (Fsp3) is 0.800. The van der Waals surface area contributed by atoms with E-state index in [2.05, 4.69) is 0 Å². The summed E-state index contributed by atoms with van der Waals surface area (Å²) in [6.45, 7) is -1.81. The van der Waals surface area contributed by atoms with E-state index in [1.165, 1.54) is 0 Å². The summed E-state index contributed by atoms with van der Waals surface area (Å²) in [4.78, 5) is 12.0. The first-order chi connectivity index (χ1) is 10.0. The molecule has 0 amide bonds. The molecule has 8 nitrogen and oxygen atoms in total. The van der Waals surface area contributed by atoms with Crippen molar-refractivity contribution in [2.75, 3.05) is 6.61 Å². The van der Waals surface area contributed by atoms with Gasteiger partial charge in [-0.15, -0.1) is 0 Å². The fourth-order valence-corrected chi connectivity index (χ4v) is 1.84. The Morgan fingerprint density at radius 2 is 2.00 bits per heavy atom. The molecule has 1 rings (SSSR count). The zero-order chi connectivity index (χ0) is 17.3. The molecule has 0 bridgehead atoms. The molecule has 1 heterocycles. The number of carbonyl (C=O) groups is 1. The van der Waals surface area contributed by atoms with E-state index in [0.717, 1.165) is 0 Å². The number of hydrogen-bond donors (Lipinski definition) is 5. The van der Waals surface area contributed by atoms with Gasteiger partial charge >= 0.3 is 5.79 Å². The minimum Gasteiger partial charge on any atom is -0.435 e. The summed E-state index contributed by atoms with van der Waals surface area (Å²) in [5, 5.41) is 46.0. The van der Waals surface area contributed by atoms with E-state index in [4.69, 9.17) is 56.2 Å². The van der Waals surface area contributed by atoms with Crippen molar-refractivity contribution in [3.63, 3.8) is 0 Å². The third-order valence-electron chi connectivity index (χ3n) is 2.85. The van der Waals surface area contributed by atoms with Gasteiger partial charge in [0.15, 0.2) is 6.10 Å². The number of rotatable bonds is 3. The Morgan fingerprint density at radius 3 is 2.43 bits per heavy atom. The van der Waals surface area contributed by atoms with Crippen molar-refractivity contribution in [1.82, 2.24) is 0 Å². The fourth-order valence-electron chi connectivity index (χ4n) is 1.72. The number of ether oxygens (including phenoxy) is 2. The Hall–Kier alpha value is -0.190. The molecule has 21 heavy (non-hydrogen) atoms. The van der Waals surface area contributed by atoms with Crippen LogP contribution in [0, 0.1) is 5.41 Å². The number of carbonyl (C=O) groups excluding carboxylic acids is 1. The number of aliphatic hydroxyl groups is 4. The predicted molar refractivity (Wildman–Crippen MR) is 72.5 cm³/mol. The van der Waals surface area contributed by atoms with Gasteiger partial charge in [0, 0.05) is 8.27 Å². The number of halogens is 3. The maximum atomic E-state index is 12.0. The minimum absolute atomic E-state index is 0.845. The number of hydrogen-bond acceptors (Lipinski definition) is 8. The molecule has 0 aromatic carbocycles.